The monoisotopic (exact) mass is 401 g/mol. The lowest BCUT2D eigenvalue weighted by molar-refractivity contribution is -0.128. The molecule has 0 bridgehead atoms. The van der Waals surface area contributed by atoms with Gasteiger partial charge in [-0.25, -0.2) is 0 Å². The number of carbonyl (C=O) groups excluding carboxylic acids is 2. The summed E-state index contributed by atoms with van der Waals surface area (Å²) in [5.74, 6) is 0.757. The van der Waals surface area contributed by atoms with Crippen molar-refractivity contribution in [1.29, 1.82) is 0 Å². The summed E-state index contributed by atoms with van der Waals surface area (Å²) in [6.07, 6.45) is 3.27. The molecule has 0 unspecified atom stereocenters. The van der Waals surface area contributed by atoms with Crippen molar-refractivity contribution in [2.24, 2.45) is 5.73 Å². The van der Waals surface area contributed by atoms with Gasteiger partial charge in [0.1, 0.15) is 11.5 Å². The minimum absolute atomic E-state index is 0.134. The molecule has 0 radical (unpaired) electrons. The van der Waals surface area contributed by atoms with E-state index in [1.165, 1.54) is 0 Å². The molecule has 152 valence electrons. The predicted octanol–water partition coefficient (Wildman–Crippen LogP) is 4.07. The molecule has 0 saturated carbocycles. The van der Waals surface area contributed by atoms with E-state index in [2.05, 4.69) is 4.98 Å². The molecule has 1 aliphatic rings. The number of hydrogen-bond donors (Lipinski definition) is 1. The molecule has 1 fully saturated rings. The number of rotatable bonds is 6. The molecule has 0 aliphatic carbocycles. The van der Waals surface area contributed by atoms with Crippen LogP contribution >= 0.6 is 0 Å². The van der Waals surface area contributed by atoms with Crippen molar-refractivity contribution in [3.63, 3.8) is 0 Å². The smallest absolute Gasteiger partial charge is 0.248 e. The number of benzene rings is 2. The fourth-order valence-corrected chi connectivity index (χ4v) is 3.47. The van der Waals surface area contributed by atoms with Crippen LogP contribution in [0.5, 0.6) is 11.5 Å². The molecule has 6 heteroatoms. The Morgan fingerprint density at radius 1 is 1.13 bits per heavy atom. The van der Waals surface area contributed by atoms with Crippen molar-refractivity contribution >= 4 is 11.8 Å². The van der Waals surface area contributed by atoms with Crippen molar-refractivity contribution in [3.8, 4) is 22.8 Å². The van der Waals surface area contributed by atoms with Crippen molar-refractivity contribution in [2.45, 2.75) is 26.3 Å². The summed E-state index contributed by atoms with van der Waals surface area (Å²) >= 11 is 0. The summed E-state index contributed by atoms with van der Waals surface area (Å²) in [5, 5.41) is 0. The molecule has 3 aromatic rings. The SMILES string of the molecule is Cc1ccc(-c2ccc(Oc3cc(C(N)=O)ccc3CN3CCCC3=O)cc2)nc1. The fourth-order valence-electron chi connectivity index (χ4n) is 3.47. The fraction of sp³-hybridized carbons (Fsp3) is 0.208. The van der Waals surface area contributed by atoms with Gasteiger partial charge in [0.25, 0.3) is 0 Å². The van der Waals surface area contributed by atoms with Crippen LogP contribution in [-0.2, 0) is 11.3 Å². The van der Waals surface area contributed by atoms with E-state index >= 15 is 0 Å². The molecule has 0 atom stereocenters. The molecular weight excluding hydrogens is 378 g/mol. The summed E-state index contributed by atoms with van der Waals surface area (Å²) in [4.78, 5) is 29.9. The Labute approximate surface area is 175 Å². The second-order valence-corrected chi connectivity index (χ2v) is 7.45. The molecular formula is C24H23N3O3. The maximum absolute atomic E-state index is 12.0. The quantitative estimate of drug-likeness (QED) is 0.675. The number of likely N-dealkylation sites (tertiary alicyclic amines) is 1. The lowest BCUT2D eigenvalue weighted by Gasteiger charge is -2.19. The van der Waals surface area contributed by atoms with Crippen LogP contribution in [0, 0.1) is 6.92 Å². The number of nitrogens with zero attached hydrogens (tertiary/aromatic N) is 2. The summed E-state index contributed by atoms with van der Waals surface area (Å²) in [7, 11) is 0. The number of pyridine rings is 1. The topological polar surface area (TPSA) is 85.5 Å². The van der Waals surface area contributed by atoms with Crippen LogP contribution < -0.4 is 10.5 Å². The number of hydrogen-bond acceptors (Lipinski definition) is 4. The zero-order valence-electron chi connectivity index (χ0n) is 16.8. The number of ether oxygens (including phenoxy) is 1. The third kappa shape index (κ3) is 4.33. The Bertz CT molecular complexity index is 1080. The molecule has 2 N–H and O–H groups in total. The Balaban J connectivity index is 1.59. The van der Waals surface area contributed by atoms with E-state index in [-0.39, 0.29) is 5.91 Å². The van der Waals surface area contributed by atoms with Gasteiger partial charge in [0.05, 0.1) is 5.69 Å². The van der Waals surface area contributed by atoms with Gasteiger partial charge < -0.3 is 15.4 Å². The van der Waals surface area contributed by atoms with Crippen molar-refractivity contribution < 1.29 is 14.3 Å². The van der Waals surface area contributed by atoms with Gasteiger partial charge >= 0.3 is 0 Å². The minimum Gasteiger partial charge on any atom is -0.457 e. The Hall–Kier alpha value is -3.67. The van der Waals surface area contributed by atoms with Gasteiger partial charge in [0.2, 0.25) is 11.8 Å². The molecule has 1 saturated heterocycles. The second-order valence-electron chi connectivity index (χ2n) is 7.45. The summed E-state index contributed by atoms with van der Waals surface area (Å²) in [6.45, 7) is 3.17. The Kier molecular flexibility index (Phi) is 5.48. The van der Waals surface area contributed by atoms with Gasteiger partial charge in [-0.3, -0.25) is 14.6 Å². The third-order valence-electron chi connectivity index (χ3n) is 5.17. The lowest BCUT2D eigenvalue weighted by Crippen LogP contribution is -2.24. The summed E-state index contributed by atoms with van der Waals surface area (Å²) in [6, 6.07) is 16.7. The molecule has 2 aromatic carbocycles. The maximum atomic E-state index is 12.0. The van der Waals surface area contributed by atoms with Gasteiger partial charge in [0, 0.05) is 42.4 Å². The van der Waals surface area contributed by atoms with Crippen LogP contribution in [-0.4, -0.2) is 28.2 Å². The van der Waals surface area contributed by atoms with Crippen LogP contribution in [0.15, 0.2) is 60.8 Å². The first-order valence-electron chi connectivity index (χ1n) is 9.91. The van der Waals surface area contributed by atoms with Crippen molar-refractivity contribution in [3.05, 3.63) is 77.5 Å². The highest BCUT2D eigenvalue weighted by molar-refractivity contribution is 5.93. The highest BCUT2D eigenvalue weighted by Crippen LogP contribution is 2.30. The molecule has 0 spiro atoms. The van der Waals surface area contributed by atoms with E-state index in [1.54, 1.807) is 23.1 Å². The third-order valence-corrected chi connectivity index (χ3v) is 5.17. The number of aryl methyl sites for hydroxylation is 1. The highest BCUT2D eigenvalue weighted by Gasteiger charge is 2.22. The van der Waals surface area contributed by atoms with E-state index in [4.69, 9.17) is 10.5 Å². The van der Waals surface area contributed by atoms with Crippen LogP contribution in [0.3, 0.4) is 0 Å². The highest BCUT2D eigenvalue weighted by atomic mass is 16.5. The van der Waals surface area contributed by atoms with Crippen molar-refractivity contribution in [2.75, 3.05) is 6.54 Å². The van der Waals surface area contributed by atoms with E-state index in [1.807, 2.05) is 49.5 Å². The average molecular weight is 401 g/mol. The zero-order valence-corrected chi connectivity index (χ0v) is 16.8. The van der Waals surface area contributed by atoms with Gasteiger partial charge in [-0.05, 0) is 61.4 Å². The first-order chi connectivity index (χ1) is 14.5. The van der Waals surface area contributed by atoms with Crippen LogP contribution in [0.1, 0.15) is 34.3 Å². The number of aromatic nitrogens is 1. The molecule has 1 aliphatic heterocycles. The van der Waals surface area contributed by atoms with Crippen LogP contribution in [0.4, 0.5) is 0 Å². The molecule has 1 aromatic heterocycles. The molecule has 30 heavy (non-hydrogen) atoms. The van der Waals surface area contributed by atoms with Crippen LogP contribution in [0.2, 0.25) is 0 Å². The van der Waals surface area contributed by atoms with Gasteiger partial charge in [0.15, 0.2) is 0 Å². The van der Waals surface area contributed by atoms with E-state index in [9.17, 15) is 9.59 Å². The Morgan fingerprint density at radius 2 is 1.93 bits per heavy atom. The van der Waals surface area contributed by atoms with Gasteiger partial charge in [-0.2, -0.15) is 0 Å². The van der Waals surface area contributed by atoms with Gasteiger partial charge in [-0.15, -0.1) is 0 Å². The lowest BCUT2D eigenvalue weighted by atomic mass is 10.1. The number of nitrogens with two attached hydrogens (primary N) is 1. The number of carbonyl (C=O) groups is 2. The largest absolute Gasteiger partial charge is 0.457 e. The summed E-state index contributed by atoms with van der Waals surface area (Å²) < 4.78 is 6.09. The molecule has 2 amide bonds. The summed E-state index contributed by atoms with van der Waals surface area (Å²) in [5.41, 5.74) is 9.61. The normalized spacial score (nSPS) is 13.5. The molecule has 2 heterocycles. The number of amides is 2. The van der Waals surface area contributed by atoms with E-state index in [0.29, 0.717) is 30.0 Å². The standard InChI is InChI=1S/C24H23N3O3/c1-16-4-11-21(26-14-16)17-7-9-20(10-8-17)30-22-13-18(24(25)29)5-6-19(22)15-27-12-2-3-23(27)28/h4-11,13-14H,2-3,12,15H2,1H3,(H2,25,29). The first-order valence-corrected chi connectivity index (χ1v) is 9.91. The molecule has 6 nitrogen and oxygen atoms in total. The Morgan fingerprint density at radius 3 is 2.57 bits per heavy atom. The van der Waals surface area contributed by atoms with Crippen molar-refractivity contribution in [1.82, 2.24) is 9.88 Å². The average Bonchev–Trinajstić information content (AvgIpc) is 3.15. The predicted molar refractivity (Wildman–Crippen MR) is 114 cm³/mol. The van der Waals surface area contributed by atoms with Gasteiger partial charge in [-0.1, -0.05) is 12.1 Å². The maximum Gasteiger partial charge on any atom is 0.248 e. The zero-order chi connectivity index (χ0) is 21.1. The van der Waals surface area contributed by atoms with E-state index < -0.39 is 5.91 Å². The number of primary amides is 1. The first kappa shape index (κ1) is 19.6. The molecule has 4 rings (SSSR count). The second kappa shape index (κ2) is 8.37. The van der Waals surface area contributed by atoms with E-state index in [0.717, 1.165) is 35.3 Å². The minimum atomic E-state index is -0.524. The van der Waals surface area contributed by atoms with Crippen LogP contribution in [0.25, 0.3) is 11.3 Å².